The standard InChI is InChI=1S/C22H20ClFN2O3/c1-12-10-17-15(11-16(12)23)20(27)18-19(13-4-6-14(24)7-5-13)26(9-8-25(2)3)22(28)21(18)29-17/h4-7,10-11,19H,8-9H2,1-3H3/t19-/m0/s1. The Morgan fingerprint density at radius 2 is 1.86 bits per heavy atom. The lowest BCUT2D eigenvalue weighted by atomic mass is 9.98. The fourth-order valence-corrected chi connectivity index (χ4v) is 3.83. The van der Waals surface area contributed by atoms with Gasteiger partial charge in [0.15, 0.2) is 5.43 Å². The van der Waals surface area contributed by atoms with Crippen LogP contribution >= 0.6 is 11.6 Å². The minimum absolute atomic E-state index is 0.0392. The second-order valence-corrected chi connectivity index (χ2v) is 7.93. The first-order valence-corrected chi connectivity index (χ1v) is 9.63. The van der Waals surface area contributed by atoms with Gasteiger partial charge in [0.25, 0.3) is 5.91 Å². The van der Waals surface area contributed by atoms with Gasteiger partial charge < -0.3 is 14.2 Å². The van der Waals surface area contributed by atoms with Crippen LogP contribution in [0.3, 0.4) is 0 Å². The van der Waals surface area contributed by atoms with Crippen LogP contribution in [-0.2, 0) is 0 Å². The Kier molecular flexibility index (Phi) is 4.92. The monoisotopic (exact) mass is 414 g/mol. The number of carbonyl (C=O) groups is 1. The molecule has 1 aromatic heterocycles. The van der Waals surface area contributed by atoms with E-state index in [0.29, 0.717) is 34.6 Å². The third-order valence-corrected chi connectivity index (χ3v) is 5.63. The summed E-state index contributed by atoms with van der Waals surface area (Å²) in [6, 6.07) is 8.44. The summed E-state index contributed by atoms with van der Waals surface area (Å²) < 4.78 is 19.4. The van der Waals surface area contributed by atoms with Gasteiger partial charge in [0.2, 0.25) is 5.76 Å². The lowest BCUT2D eigenvalue weighted by Gasteiger charge is -2.26. The van der Waals surface area contributed by atoms with Gasteiger partial charge in [-0.15, -0.1) is 0 Å². The molecule has 0 fully saturated rings. The maximum atomic E-state index is 13.5. The van der Waals surface area contributed by atoms with Crippen LogP contribution in [0.2, 0.25) is 5.02 Å². The first-order chi connectivity index (χ1) is 13.8. The van der Waals surface area contributed by atoms with Crippen molar-refractivity contribution in [1.29, 1.82) is 0 Å². The van der Waals surface area contributed by atoms with Gasteiger partial charge in [-0.1, -0.05) is 23.7 Å². The molecule has 0 unspecified atom stereocenters. The van der Waals surface area contributed by atoms with Crippen LogP contribution < -0.4 is 5.43 Å². The van der Waals surface area contributed by atoms with Gasteiger partial charge in [0.1, 0.15) is 11.4 Å². The normalized spacial score (nSPS) is 16.1. The van der Waals surface area contributed by atoms with Gasteiger partial charge in [-0.25, -0.2) is 4.39 Å². The van der Waals surface area contributed by atoms with Crippen molar-refractivity contribution in [3.63, 3.8) is 0 Å². The van der Waals surface area contributed by atoms with Crippen molar-refractivity contribution in [1.82, 2.24) is 9.80 Å². The van der Waals surface area contributed by atoms with Crippen molar-refractivity contribution in [2.24, 2.45) is 0 Å². The van der Waals surface area contributed by atoms with Crippen LogP contribution in [0.25, 0.3) is 11.0 Å². The highest BCUT2D eigenvalue weighted by Crippen LogP contribution is 2.38. The summed E-state index contributed by atoms with van der Waals surface area (Å²) in [5, 5.41) is 0.783. The van der Waals surface area contributed by atoms with E-state index in [1.165, 1.54) is 12.1 Å². The summed E-state index contributed by atoms with van der Waals surface area (Å²) in [6.45, 7) is 2.81. The zero-order valence-corrected chi connectivity index (χ0v) is 17.1. The highest BCUT2D eigenvalue weighted by atomic mass is 35.5. The Balaban J connectivity index is 1.96. The van der Waals surface area contributed by atoms with Crippen LogP contribution in [0.15, 0.2) is 45.6 Å². The number of aryl methyl sites for hydroxylation is 1. The van der Waals surface area contributed by atoms with Crippen molar-refractivity contribution in [3.8, 4) is 0 Å². The molecule has 0 saturated carbocycles. The van der Waals surface area contributed by atoms with Crippen LogP contribution in [0, 0.1) is 12.7 Å². The first-order valence-electron chi connectivity index (χ1n) is 9.26. The Bertz CT molecular complexity index is 1170. The first kappa shape index (κ1) is 19.6. The number of hydrogen-bond donors (Lipinski definition) is 0. The van der Waals surface area contributed by atoms with E-state index >= 15 is 0 Å². The molecule has 0 N–H and O–H groups in total. The molecule has 0 aliphatic carbocycles. The third kappa shape index (κ3) is 3.32. The molecular formula is C22H20ClFN2O3. The fraction of sp³-hybridized carbons (Fsp3) is 0.273. The Labute approximate surface area is 172 Å². The molecule has 4 rings (SSSR count). The topological polar surface area (TPSA) is 53.8 Å². The van der Waals surface area contributed by atoms with E-state index in [9.17, 15) is 14.0 Å². The lowest BCUT2D eigenvalue weighted by molar-refractivity contribution is 0.0716. The number of fused-ring (bicyclic) bond motifs is 2. The molecule has 1 aliphatic rings. The van der Waals surface area contributed by atoms with Crippen LogP contribution in [0.1, 0.15) is 33.3 Å². The highest BCUT2D eigenvalue weighted by Gasteiger charge is 2.42. The summed E-state index contributed by atoms with van der Waals surface area (Å²) in [6.07, 6.45) is 0. The summed E-state index contributed by atoms with van der Waals surface area (Å²) in [5.41, 5.74) is 1.72. The van der Waals surface area contributed by atoms with Gasteiger partial charge in [-0.2, -0.15) is 0 Å². The predicted molar refractivity (Wildman–Crippen MR) is 110 cm³/mol. The van der Waals surface area contributed by atoms with E-state index < -0.39 is 6.04 Å². The van der Waals surface area contributed by atoms with E-state index in [2.05, 4.69) is 0 Å². The molecular weight excluding hydrogens is 395 g/mol. The smallest absolute Gasteiger partial charge is 0.290 e. The minimum Gasteiger partial charge on any atom is -0.450 e. The average Bonchev–Trinajstić information content (AvgIpc) is 2.95. The molecule has 1 amide bonds. The summed E-state index contributed by atoms with van der Waals surface area (Å²) in [5.74, 6) is -0.689. The number of nitrogens with zero attached hydrogens (tertiary/aromatic N) is 2. The largest absolute Gasteiger partial charge is 0.450 e. The zero-order chi connectivity index (χ0) is 20.9. The van der Waals surface area contributed by atoms with Gasteiger partial charge in [0, 0.05) is 18.1 Å². The molecule has 0 spiro atoms. The van der Waals surface area contributed by atoms with Crippen molar-refractivity contribution in [3.05, 3.63) is 79.9 Å². The van der Waals surface area contributed by atoms with Gasteiger partial charge >= 0.3 is 0 Å². The highest BCUT2D eigenvalue weighted by molar-refractivity contribution is 6.32. The Morgan fingerprint density at radius 1 is 1.17 bits per heavy atom. The Hall–Kier alpha value is -2.70. The minimum atomic E-state index is -0.640. The van der Waals surface area contributed by atoms with E-state index in [-0.39, 0.29) is 28.5 Å². The number of benzene rings is 2. The molecule has 7 heteroatoms. The number of amides is 1. The number of carbonyl (C=O) groups excluding carboxylic acids is 1. The maximum absolute atomic E-state index is 13.5. The number of likely N-dealkylation sites (N-methyl/N-ethyl adjacent to an activating group) is 1. The van der Waals surface area contributed by atoms with Gasteiger partial charge in [-0.05, 0) is 56.4 Å². The molecule has 2 heterocycles. The summed E-state index contributed by atoms with van der Waals surface area (Å²) in [4.78, 5) is 30.1. The van der Waals surface area contributed by atoms with Crippen molar-refractivity contribution >= 4 is 28.5 Å². The molecule has 0 radical (unpaired) electrons. The molecule has 29 heavy (non-hydrogen) atoms. The Morgan fingerprint density at radius 3 is 2.52 bits per heavy atom. The quantitative estimate of drug-likeness (QED) is 0.647. The molecule has 1 atom stereocenters. The molecule has 2 aromatic carbocycles. The number of rotatable bonds is 4. The number of hydrogen-bond acceptors (Lipinski definition) is 4. The SMILES string of the molecule is Cc1cc2oc3c(c(=O)c2cc1Cl)[C@H](c1ccc(F)cc1)N(CCN(C)C)C3=O. The van der Waals surface area contributed by atoms with Crippen LogP contribution in [0.4, 0.5) is 4.39 Å². The zero-order valence-electron chi connectivity index (χ0n) is 16.3. The molecule has 3 aromatic rings. The lowest BCUT2D eigenvalue weighted by Crippen LogP contribution is -2.35. The third-order valence-electron chi connectivity index (χ3n) is 5.22. The van der Waals surface area contributed by atoms with E-state index in [0.717, 1.165) is 5.56 Å². The number of halogens is 2. The molecule has 0 saturated heterocycles. The molecule has 5 nitrogen and oxygen atoms in total. The van der Waals surface area contributed by atoms with E-state index in [4.69, 9.17) is 16.0 Å². The maximum Gasteiger partial charge on any atom is 0.290 e. The van der Waals surface area contributed by atoms with Crippen LogP contribution in [0.5, 0.6) is 0 Å². The second-order valence-electron chi connectivity index (χ2n) is 7.53. The summed E-state index contributed by atoms with van der Waals surface area (Å²) >= 11 is 6.22. The molecule has 150 valence electrons. The van der Waals surface area contributed by atoms with Crippen LogP contribution in [-0.4, -0.2) is 42.9 Å². The van der Waals surface area contributed by atoms with Gasteiger partial charge in [-0.3, -0.25) is 9.59 Å². The predicted octanol–water partition coefficient (Wildman–Crippen LogP) is 4.00. The fourth-order valence-electron chi connectivity index (χ4n) is 3.67. The molecule has 1 aliphatic heterocycles. The van der Waals surface area contributed by atoms with Crippen molar-refractivity contribution in [2.75, 3.05) is 27.2 Å². The summed E-state index contributed by atoms with van der Waals surface area (Å²) in [7, 11) is 3.81. The van der Waals surface area contributed by atoms with Crippen molar-refractivity contribution < 1.29 is 13.6 Å². The molecule has 0 bridgehead atoms. The van der Waals surface area contributed by atoms with Crippen molar-refractivity contribution in [2.45, 2.75) is 13.0 Å². The second kappa shape index (κ2) is 7.28. The van der Waals surface area contributed by atoms with E-state index in [1.807, 2.05) is 25.9 Å². The van der Waals surface area contributed by atoms with Gasteiger partial charge in [0.05, 0.1) is 17.0 Å². The average molecular weight is 415 g/mol. The van der Waals surface area contributed by atoms with E-state index in [1.54, 1.807) is 29.2 Å².